The molecule has 3 rings (SSSR count). The van der Waals surface area contributed by atoms with Gasteiger partial charge in [-0.15, -0.1) is 0 Å². The van der Waals surface area contributed by atoms with Gasteiger partial charge in [0, 0.05) is 35.3 Å². The van der Waals surface area contributed by atoms with Crippen LogP contribution in [0.4, 0.5) is 4.39 Å². The fourth-order valence-corrected chi connectivity index (χ4v) is 2.19. The van der Waals surface area contributed by atoms with E-state index in [-0.39, 0.29) is 5.82 Å². The van der Waals surface area contributed by atoms with E-state index in [2.05, 4.69) is 9.97 Å². The van der Waals surface area contributed by atoms with E-state index in [4.69, 9.17) is 0 Å². The summed E-state index contributed by atoms with van der Waals surface area (Å²) >= 11 is 0. The average molecular weight is 264 g/mol. The van der Waals surface area contributed by atoms with Crippen LogP contribution in [-0.2, 0) is 0 Å². The van der Waals surface area contributed by atoms with Gasteiger partial charge in [0.2, 0.25) is 0 Å². The van der Waals surface area contributed by atoms with Gasteiger partial charge in [0.25, 0.3) is 0 Å². The molecule has 0 saturated carbocycles. The van der Waals surface area contributed by atoms with Crippen molar-refractivity contribution in [3.8, 4) is 22.4 Å². The quantitative estimate of drug-likeness (QED) is 0.691. The van der Waals surface area contributed by atoms with Crippen LogP contribution in [0.25, 0.3) is 22.4 Å². The number of benzene rings is 1. The molecule has 0 N–H and O–H groups in total. The highest BCUT2D eigenvalue weighted by Crippen LogP contribution is 2.26. The first kappa shape index (κ1) is 12.5. The van der Waals surface area contributed by atoms with E-state index in [0.717, 1.165) is 27.9 Å². The van der Waals surface area contributed by atoms with E-state index in [1.807, 2.05) is 43.6 Å². The summed E-state index contributed by atoms with van der Waals surface area (Å²) in [7, 11) is 0. The maximum atomic E-state index is 13.3. The number of halogens is 1. The Morgan fingerprint density at radius 2 is 1.80 bits per heavy atom. The van der Waals surface area contributed by atoms with Crippen molar-refractivity contribution in [2.24, 2.45) is 0 Å². The van der Waals surface area contributed by atoms with Gasteiger partial charge in [0.15, 0.2) is 0 Å². The number of rotatable bonds is 2. The minimum absolute atomic E-state index is 0.252. The largest absolute Gasteiger partial charge is 0.264 e. The van der Waals surface area contributed by atoms with Crippen molar-refractivity contribution in [2.45, 2.75) is 6.92 Å². The number of hydrogen-bond acceptors (Lipinski definition) is 2. The summed E-state index contributed by atoms with van der Waals surface area (Å²) in [5, 5.41) is 0. The topological polar surface area (TPSA) is 25.8 Å². The Morgan fingerprint density at radius 3 is 2.50 bits per heavy atom. The third kappa shape index (κ3) is 2.43. The fourth-order valence-electron chi connectivity index (χ4n) is 2.19. The molecular formula is C17H13FN2. The minimum atomic E-state index is -0.252. The lowest BCUT2D eigenvalue weighted by Gasteiger charge is -2.08. The van der Waals surface area contributed by atoms with Crippen LogP contribution >= 0.6 is 0 Å². The second-order valence-corrected chi connectivity index (χ2v) is 4.64. The smallest absolute Gasteiger partial charge is 0.123 e. The molecule has 0 saturated heterocycles. The van der Waals surface area contributed by atoms with E-state index in [1.54, 1.807) is 12.3 Å². The van der Waals surface area contributed by atoms with E-state index >= 15 is 0 Å². The molecule has 98 valence electrons. The van der Waals surface area contributed by atoms with Crippen molar-refractivity contribution < 1.29 is 4.39 Å². The molecule has 2 heterocycles. The number of hydrogen-bond donors (Lipinski definition) is 0. The Morgan fingerprint density at radius 1 is 0.950 bits per heavy atom. The summed E-state index contributed by atoms with van der Waals surface area (Å²) in [6.45, 7) is 2.02. The van der Waals surface area contributed by atoms with Gasteiger partial charge in [0.1, 0.15) is 5.82 Å². The molecule has 3 aromatic rings. The Bertz CT molecular complexity index is 739. The van der Waals surface area contributed by atoms with Crippen LogP contribution in [0.2, 0.25) is 0 Å². The van der Waals surface area contributed by atoms with Crippen LogP contribution in [0.15, 0.2) is 61.1 Å². The number of pyridine rings is 2. The summed E-state index contributed by atoms with van der Waals surface area (Å²) in [5.74, 6) is -0.252. The number of aromatic nitrogens is 2. The Balaban J connectivity index is 2.04. The zero-order chi connectivity index (χ0) is 13.9. The van der Waals surface area contributed by atoms with Crippen molar-refractivity contribution in [3.63, 3.8) is 0 Å². The van der Waals surface area contributed by atoms with E-state index < -0.39 is 0 Å². The maximum absolute atomic E-state index is 13.3. The molecule has 0 spiro atoms. The molecule has 20 heavy (non-hydrogen) atoms. The monoisotopic (exact) mass is 264 g/mol. The van der Waals surface area contributed by atoms with Gasteiger partial charge in [-0.25, -0.2) is 4.39 Å². The summed E-state index contributed by atoms with van der Waals surface area (Å²) in [6, 6.07) is 12.3. The molecular weight excluding hydrogens is 251 g/mol. The van der Waals surface area contributed by atoms with Gasteiger partial charge in [-0.2, -0.15) is 0 Å². The SMILES string of the molecule is Cc1cc(-c2cccc(F)c2)ncc1-c1cccnc1. The maximum Gasteiger partial charge on any atom is 0.123 e. The first-order valence-electron chi connectivity index (χ1n) is 6.37. The van der Waals surface area contributed by atoms with E-state index in [1.165, 1.54) is 12.1 Å². The van der Waals surface area contributed by atoms with Gasteiger partial charge in [0.05, 0.1) is 5.69 Å². The number of aryl methyl sites for hydroxylation is 1. The molecule has 0 amide bonds. The molecule has 1 aromatic carbocycles. The molecule has 0 atom stereocenters. The molecule has 3 heteroatoms. The van der Waals surface area contributed by atoms with Gasteiger partial charge < -0.3 is 0 Å². The molecule has 0 radical (unpaired) electrons. The van der Waals surface area contributed by atoms with Crippen LogP contribution in [0.5, 0.6) is 0 Å². The van der Waals surface area contributed by atoms with Crippen molar-refractivity contribution in [3.05, 3.63) is 72.4 Å². The summed E-state index contributed by atoms with van der Waals surface area (Å²) in [5.41, 5.74) is 4.72. The summed E-state index contributed by atoms with van der Waals surface area (Å²) in [4.78, 5) is 8.55. The van der Waals surface area contributed by atoms with Crippen molar-refractivity contribution >= 4 is 0 Å². The highest BCUT2D eigenvalue weighted by Gasteiger charge is 2.06. The zero-order valence-electron chi connectivity index (χ0n) is 11.0. The Labute approximate surface area is 117 Å². The van der Waals surface area contributed by atoms with Crippen LogP contribution in [0, 0.1) is 12.7 Å². The predicted molar refractivity (Wildman–Crippen MR) is 77.6 cm³/mol. The Kier molecular flexibility index (Phi) is 3.25. The van der Waals surface area contributed by atoms with Crippen molar-refractivity contribution in [1.29, 1.82) is 0 Å². The standard InChI is InChI=1S/C17H13FN2/c1-12-8-17(13-4-2-6-15(18)9-13)20-11-16(12)14-5-3-7-19-10-14/h2-11H,1H3. The lowest BCUT2D eigenvalue weighted by atomic mass is 10.0. The first-order valence-corrected chi connectivity index (χ1v) is 6.37. The van der Waals surface area contributed by atoms with E-state index in [9.17, 15) is 4.39 Å². The second-order valence-electron chi connectivity index (χ2n) is 4.64. The third-order valence-corrected chi connectivity index (χ3v) is 3.20. The summed E-state index contributed by atoms with van der Waals surface area (Å²) in [6.07, 6.45) is 5.37. The van der Waals surface area contributed by atoms with Gasteiger partial charge in [-0.3, -0.25) is 9.97 Å². The van der Waals surface area contributed by atoms with Crippen LogP contribution < -0.4 is 0 Å². The molecule has 0 aliphatic carbocycles. The van der Waals surface area contributed by atoms with E-state index in [0.29, 0.717) is 0 Å². The molecule has 0 aliphatic heterocycles. The molecule has 0 aliphatic rings. The van der Waals surface area contributed by atoms with Crippen LogP contribution in [0.3, 0.4) is 0 Å². The minimum Gasteiger partial charge on any atom is -0.264 e. The first-order chi connectivity index (χ1) is 9.74. The normalized spacial score (nSPS) is 10.5. The lowest BCUT2D eigenvalue weighted by Crippen LogP contribution is -1.90. The summed E-state index contributed by atoms with van der Waals surface area (Å²) < 4.78 is 13.3. The molecule has 2 nitrogen and oxygen atoms in total. The molecule has 0 unspecified atom stereocenters. The van der Waals surface area contributed by atoms with Crippen molar-refractivity contribution in [2.75, 3.05) is 0 Å². The van der Waals surface area contributed by atoms with Gasteiger partial charge >= 0.3 is 0 Å². The predicted octanol–water partition coefficient (Wildman–Crippen LogP) is 4.26. The van der Waals surface area contributed by atoms with Gasteiger partial charge in [-0.05, 0) is 36.8 Å². The Hall–Kier alpha value is -2.55. The molecule has 0 bridgehead atoms. The number of nitrogens with zero attached hydrogens (tertiary/aromatic N) is 2. The highest BCUT2D eigenvalue weighted by molar-refractivity contribution is 5.69. The zero-order valence-corrected chi connectivity index (χ0v) is 11.0. The van der Waals surface area contributed by atoms with Crippen LogP contribution in [-0.4, -0.2) is 9.97 Å². The molecule has 0 fully saturated rings. The van der Waals surface area contributed by atoms with Gasteiger partial charge in [-0.1, -0.05) is 18.2 Å². The third-order valence-electron chi connectivity index (χ3n) is 3.20. The lowest BCUT2D eigenvalue weighted by molar-refractivity contribution is 0.628. The highest BCUT2D eigenvalue weighted by atomic mass is 19.1. The fraction of sp³-hybridized carbons (Fsp3) is 0.0588. The molecule has 2 aromatic heterocycles. The van der Waals surface area contributed by atoms with Crippen molar-refractivity contribution in [1.82, 2.24) is 9.97 Å². The van der Waals surface area contributed by atoms with Crippen LogP contribution in [0.1, 0.15) is 5.56 Å². The average Bonchev–Trinajstić information content (AvgIpc) is 2.48. The second kappa shape index (κ2) is 5.21.